The number of fused-ring (bicyclic) bond motifs is 1. The van der Waals surface area contributed by atoms with Gasteiger partial charge in [0.25, 0.3) is 5.91 Å². The van der Waals surface area contributed by atoms with E-state index in [0.717, 1.165) is 20.9 Å². The molecule has 3 rings (SSSR count). The summed E-state index contributed by atoms with van der Waals surface area (Å²) >= 11 is 3.51. The van der Waals surface area contributed by atoms with Gasteiger partial charge < -0.3 is 9.88 Å². The van der Waals surface area contributed by atoms with Gasteiger partial charge in [0.15, 0.2) is 0 Å². The first-order valence-electron chi connectivity index (χ1n) is 6.72. The zero-order valence-electron chi connectivity index (χ0n) is 11.6. The molecule has 0 radical (unpaired) electrons. The number of nitrogens with one attached hydrogen (secondary N) is 1. The van der Waals surface area contributed by atoms with Gasteiger partial charge in [-0.25, -0.2) is 0 Å². The average molecular weight is 343 g/mol. The van der Waals surface area contributed by atoms with Crippen LogP contribution in [0.1, 0.15) is 16.1 Å². The molecule has 1 heterocycles. The average Bonchev–Trinajstić information content (AvgIpc) is 2.92. The van der Waals surface area contributed by atoms with Gasteiger partial charge in [-0.1, -0.05) is 52.3 Å². The maximum Gasteiger partial charge on any atom is 0.270 e. The number of nitrogens with zero attached hydrogens (tertiary/aromatic N) is 1. The van der Waals surface area contributed by atoms with E-state index in [2.05, 4.69) is 20.9 Å². The van der Waals surface area contributed by atoms with Gasteiger partial charge in [0.2, 0.25) is 0 Å². The summed E-state index contributed by atoms with van der Waals surface area (Å²) in [6, 6.07) is 17.7. The molecule has 0 fully saturated rings. The molecule has 0 aliphatic rings. The van der Waals surface area contributed by atoms with E-state index >= 15 is 0 Å². The molecule has 0 aliphatic heterocycles. The normalized spacial score (nSPS) is 10.8. The lowest BCUT2D eigenvalue weighted by Gasteiger charge is -2.17. The molecular weight excluding hydrogens is 328 g/mol. The SMILES string of the molecule is CN(Cc1ccccc1Br)C(=O)c1cc2ccccc2[nH]1. The molecule has 0 saturated heterocycles. The van der Waals surface area contributed by atoms with E-state index in [0.29, 0.717) is 12.2 Å². The molecule has 1 aromatic heterocycles. The molecule has 0 saturated carbocycles. The Kier molecular flexibility index (Phi) is 3.80. The predicted molar refractivity (Wildman–Crippen MR) is 88.2 cm³/mol. The summed E-state index contributed by atoms with van der Waals surface area (Å²) in [4.78, 5) is 17.4. The second-order valence-corrected chi connectivity index (χ2v) is 5.88. The van der Waals surface area contributed by atoms with E-state index in [1.807, 2.05) is 61.6 Å². The molecule has 1 N–H and O–H groups in total. The predicted octanol–water partition coefficient (Wildman–Crippen LogP) is 4.20. The molecule has 21 heavy (non-hydrogen) atoms. The number of aromatic amines is 1. The van der Waals surface area contributed by atoms with Crippen molar-refractivity contribution in [1.29, 1.82) is 0 Å². The summed E-state index contributed by atoms with van der Waals surface area (Å²) in [5.41, 5.74) is 2.69. The van der Waals surface area contributed by atoms with Gasteiger partial charge in [0, 0.05) is 29.0 Å². The van der Waals surface area contributed by atoms with Crippen LogP contribution >= 0.6 is 15.9 Å². The maximum atomic E-state index is 12.5. The van der Waals surface area contributed by atoms with Crippen molar-refractivity contribution < 1.29 is 4.79 Å². The summed E-state index contributed by atoms with van der Waals surface area (Å²) in [7, 11) is 1.81. The third kappa shape index (κ3) is 2.85. The highest BCUT2D eigenvalue weighted by atomic mass is 79.9. The molecule has 1 amide bonds. The third-order valence-corrected chi connectivity index (χ3v) is 4.25. The number of hydrogen-bond donors (Lipinski definition) is 1. The number of hydrogen-bond acceptors (Lipinski definition) is 1. The van der Waals surface area contributed by atoms with Crippen LogP contribution in [0.15, 0.2) is 59.1 Å². The van der Waals surface area contributed by atoms with Crippen LogP contribution in [-0.4, -0.2) is 22.8 Å². The van der Waals surface area contributed by atoms with Crippen molar-refractivity contribution in [2.45, 2.75) is 6.54 Å². The van der Waals surface area contributed by atoms with E-state index in [1.165, 1.54) is 0 Å². The number of carbonyl (C=O) groups excluding carboxylic acids is 1. The zero-order valence-corrected chi connectivity index (χ0v) is 13.2. The molecule has 0 bridgehead atoms. The van der Waals surface area contributed by atoms with Crippen LogP contribution in [0.4, 0.5) is 0 Å². The lowest BCUT2D eigenvalue weighted by atomic mass is 10.2. The Bertz CT molecular complexity index is 761. The van der Waals surface area contributed by atoms with E-state index in [9.17, 15) is 4.79 Å². The fraction of sp³-hybridized carbons (Fsp3) is 0.118. The van der Waals surface area contributed by atoms with Crippen LogP contribution in [0.3, 0.4) is 0 Å². The van der Waals surface area contributed by atoms with Crippen LogP contribution in [0.25, 0.3) is 10.9 Å². The molecule has 3 aromatic rings. The van der Waals surface area contributed by atoms with Crippen molar-refractivity contribution in [2.75, 3.05) is 7.05 Å². The minimum Gasteiger partial charge on any atom is -0.351 e. The smallest absolute Gasteiger partial charge is 0.270 e. The lowest BCUT2D eigenvalue weighted by molar-refractivity contribution is 0.0780. The molecule has 0 unspecified atom stereocenters. The van der Waals surface area contributed by atoms with Gasteiger partial charge >= 0.3 is 0 Å². The number of rotatable bonds is 3. The number of benzene rings is 2. The summed E-state index contributed by atoms with van der Waals surface area (Å²) in [6.45, 7) is 0.565. The van der Waals surface area contributed by atoms with Gasteiger partial charge in [0.05, 0.1) is 0 Å². The van der Waals surface area contributed by atoms with Gasteiger partial charge in [-0.15, -0.1) is 0 Å². The van der Waals surface area contributed by atoms with Crippen LogP contribution in [0, 0.1) is 0 Å². The number of halogens is 1. The highest BCUT2D eigenvalue weighted by Crippen LogP contribution is 2.19. The van der Waals surface area contributed by atoms with Gasteiger partial charge in [-0.05, 0) is 23.8 Å². The Balaban J connectivity index is 1.82. The summed E-state index contributed by atoms with van der Waals surface area (Å²) < 4.78 is 1.02. The van der Waals surface area contributed by atoms with Gasteiger partial charge in [-0.2, -0.15) is 0 Å². The largest absolute Gasteiger partial charge is 0.351 e. The van der Waals surface area contributed by atoms with Crippen LogP contribution in [0.5, 0.6) is 0 Å². The van der Waals surface area contributed by atoms with Gasteiger partial charge in [0.1, 0.15) is 5.69 Å². The van der Waals surface area contributed by atoms with Crippen LogP contribution in [0.2, 0.25) is 0 Å². The van der Waals surface area contributed by atoms with Crippen molar-refractivity contribution in [3.63, 3.8) is 0 Å². The van der Waals surface area contributed by atoms with Crippen molar-refractivity contribution in [2.24, 2.45) is 0 Å². The second-order valence-electron chi connectivity index (χ2n) is 5.02. The number of H-pyrrole nitrogens is 1. The standard InChI is InChI=1S/C17H15BrN2O/c1-20(11-13-7-2-4-8-14(13)18)17(21)16-10-12-6-3-5-9-15(12)19-16/h2-10,19H,11H2,1H3. The Labute approximate surface area is 131 Å². The second kappa shape index (κ2) is 5.74. The first kappa shape index (κ1) is 13.9. The van der Waals surface area contributed by atoms with E-state index in [-0.39, 0.29) is 5.91 Å². The number of carbonyl (C=O) groups is 1. The Hall–Kier alpha value is -2.07. The fourth-order valence-corrected chi connectivity index (χ4v) is 2.76. The van der Waals surface area contributed by atoms with Crippen molar-refractivity contribution >= 4 is 32.7 Å². The van der Waals surface area contributed by atoms with Gasteiger partial charge in [-0.3, -0.25) is 4.79 Å². The van der Waals surface area contributed by atoms with E-state index < -0.39 is 0 Å². The minimum absolute atomic E-state index is 0.0121. The number of amides is 1. The molecule has 0 atom stereocenters. The molecule has 0 aliphatic carbocycles. The first-order valence-corrected chi connectivity index (χ1v) is 7.51. The molecule has 3 nitrogen and oxygen atoms in total. The molecule has 4 heteroatoms. The number of para-hydroxylation sites is 1. The highest BCUT2D eigenvalue weighted by molar-refractivity contribution is 9.10. The van der Waals surface area contributed by atoms with E-state index in [4.69, 9.17) is 0 Å². The molecular formula is C17H15BrN2O. The third-order valence-electron chi connectivity index (χ3n) is 3.47. The molecule has 106 valence electrons. The Morgan fingerprint density at radius 1 is 1.14 bits per heavy atom. The fourth-order valence-electron chi connectivity index (χ4n) is 2.35. The molecule has 0 spiro atoms. The first-order chi connectivity index (χ1) is 10.1. The van der Waals surface area contributed by atoms with Crippen LogP contribution in [-0.2, 0) is 6.54 Å². The lowest BCUT2D eigenvalue weighted by Crippen LogP contribution is -2.26. The Morgan fingerprint density at radius 3 is 2.62 bits per heavy atom. The quantitative estimate of drug-likeness (QED) is 0.760. The summed E-state index contributed by atoms with van der Waals surface area (Å²) in [5.74, 6) is -0.0121. The van der Waals surface area contributed by atoms with E-state index in [1.54, 1.807) is 4.90 Å². The Morgan fingerprint density at radius 2 is 1.86 bits per heavy atom. The highest BCUT2D eigenvalue weighted by Gasteiger charge is 2.15. The summed E-state index contributed by atoms with van der Waals surface area (Å²) in [5, 5.41) is 1.05. The van der Waals surface area contributed by atoms with Crippen molar-refractivity contribution in [1.82, 2.24) is 9.88 Å². The van der Waals surface area contributed by atoms with Crippen molar-refractivity contribution in [3.8, 4) is 0 Å². The minimum atomic E-state index is -0.0121. The number of aromatic nitrogens is 1. The van der Waals surface area contributed by atoms with Crippen LogP contribution < -0.4 is 0 Å². The monoisotopic (exact) mass is 342 g/mol. The molecule has 2 aromatic carbocycles. The maximum absolute atomic E-state index is 12.5. The van der Waals surface area contributed by atoms with Crippen molar-refractivity contribution in [3.05, 3.63) is 70.3 Å². The zero-order chi connectivity index (χ0) is 14.8. The topological polar surface area (TPSA) is 36.1 Å². The summed E-state index contributed by atoms with van der Waals surface area (Å²) in [6.07, 6.45) is 0.